The summed E-state index contributed by atoms with van der Waals surface area (Å²) in [6.45, 7) is 11.6. The molecule has 0 rings (SSSR count). The molecule has 0 aromatic rings. The van der Waals surface area contributed by atoms with Crippen molar-refractivity contribution in [1.82, 2.24) is 10.2 Å². The standard InChI is InChI=1S/C14H32N2/c1-6-8-9-11-16(13(3)4)14(10-7-2)12-15-5/h13-15H,6-12H2,1-5H3. The van der Waals surface area contributed by atoms with E-state index in [0.717, 1.165) is 6.54 Å². The summed E-state index contributed by atoms with van der Waals surface area (Å²) in [5.41, 5.74) is 0. The minimum atomic E-state index is 0.668. The van der Waals surface area contributed by atoms with Crippen molar-refractivity contribution in [2.45, 2.75) is 71.9 Å². The summed E-state index contributed by atoms with van der Waals surface area (Å²) in [4.78, 5) is 2.68. The third kappa shape index (κ3) is 6.49. The average Bonchev–Trinajstić information content (AvgIpc) is 2.24. The number of nitrogens with one attached hydrogen (secondary N) is 1. The lowest BCUT2D eigenvalue weighted by Gasteiger charge is -2.35. The maximum Gasteiger partial charge on any atom is 0.0223 e. The predicted octanol–water partition coefficient (Wildman–Crippen LogP) is 3.28. The van der Waals surface area contributed by atoms with Gasteiger partial charge in [-0.1, -0.05) is 33.1 Å². The zero-order chi connectivity index (χ0) is 12.4. The summed E-state index contributed by atoms with van der Waals surface area (Å²) in [7, 11) is 2.06. The van der Waals surface area contributed by atoms with E-state index in [9.17, 15) is 0 Å². The highest BCUT2D eigenvalue weighted by Gasteiger charge is 2.19. The molecule has 0 aromatic heterocycles. The molecule has 0 radical (unpaired) electrons. The Hall–Kier alpha value is -0.0800. The molecule has 0 heterocycles. The van der Waals surface area contributed by atoms with E-state index in [1.54, 1.807) is 0 Å². The number of hydrogen-bond acceptors (Lipinski definition) is 2. The Labute approximate surface area is 103 Å². The number of hydrogen-bond donors (Lipinski definition) is 1. The molecule has 1 atom stereocenters. The van der Waals surface area contributed by atoms with E-state index in [4.69, 9.17) is 0 Å². The van der Waals surface area contributed by atoms with Crippen LogP contribution in [0.15, 0.2) is 0 Å². The largest absolute Gasteiger partial charge is 0.318 e. The van der Waals surface area contributed by atoms with Crippen LogP contribution in [0.25, 0.3) is 0 Å². The monoisotopic (exact) mass is 228 g/mol. The fourth-order valence-corrected chi connectivity index (χ4v) is 2.36. The van der Waals surface area contributed by atoms with Gasteiger partial charge in [-0.25, -0.2) is 0 Å². The van der Waals surface area contributed by atoms with Crippen molar-refractivity contribution in [3.63, 3.8) is 0 Å². The first-order valence-corrected chi connectivity index (χ1v) is 7.07. The van der Waals surface area contributed by atoms with Crippen LogP contribution in [0, 0.1) is 0 Å². The van der Waals surface area contributed by atoms with Crippen LogP contribution < -0.4 is 5.32 Å². The highest BCUT2D eigenvalue weighted by molar-refractivity contribution is 4.76. The second-order valence-electron chi connectivity index (χ2n) is 5.04. The van der Waals surface area contributed by atoms with Crippen molar-refractivity contribution in [1.29, 1.82) is 0 Å². The third-order valence-corrected chi connectivity index (χ3v) is 3.21. The highest BCUT2D eigenvalue weighted by atomic mass is 15.2. The Balaban J connectivity index is 4.20. The highest BCUT2D eigenvalue weighted by Crippen LogP contribution is 2.12. The Morgan fingerprint density at radius 1 is 1.06 bits per heavy atom. The first-order valence-electron chi connectivity index (χ1n) is 7.07. The third-order valence-electron chi connectivity index (χ3n) is 3.21. The van der Waals surface area contributed by atoms with Crippen LogP contribution in [0.1, 0.15) is 59.8 Å². The summed E-state index contributed by atoms with van der Waals surface area (Å²) in [6.07, 6.45) is 6.62. The van der Waals surface area contributed by atoms with Crippen molar-refractivity contribution < 1.29 is 0 Å². The van der Waals surface area contributed by atoms with E-state index in [-0.39, 0.29) is 0 Å². The molecule has 0 aliphatic heterocycles. The van der Waals surface area contributed by atoms with Gasteiger partial charge in [-0.2, -0.15) is 0 Å². The van der Waals surface area contributed by atoms with Gasteiger partial charge < -0.3 is 5.32 Å². The summed E-state index contributed by atoms with van der Waals surface area (Å²) >= 11 is 0. The van der Waals surface area contributed by atoms with Crippen LogP contribution in [-0.4, -0.2) is 37.1 Å². The minimum Gasteiger partial charge on any atom is -0.318 e. The van der Waals surface area contributed by atoms with E-state index in [1.165, 1.54) is 38.6 Å². The van der Waals surface area contributed by atoms with Crippen molar-refractivity contribution in [2.75, 3.05) is 20.1 Å². The molecule has 2 nitrogen and oxygen atoms in total. The topological polar surface area (TPSA) is 15.3 Å². The molecule has 0 aliphatic rings. The zero-order valence-electron chi connectivity index (χ0n) is 12.1. The van der Waals surface area contributed by atoms with E-state index in [0.29, 0.717) is 12.1 Å². The normalized spacial score (nSPS) is 13.7. The van der Waals surface area contributed by atoms with Crippen molar-refractivity contribution >= 4 is 0 Å². The van der Waals surface area contributed by atoms with E-state index in [1.807, 2.05) is 0 Å². The summed E-state index contributed by atoms with van der Waals surface area (Å²) in [6, 6.07) is 1.38. The van der Waals surface area contributed by atoms with Crippen molar-refractivity contribution in [2.24, 2.45) is 0 Å². The maximum absolute atomic E-state index is 3.34. The van der Waals surface area contributed by atoms with E-state index >= 15 is 0 Å². The molecule has 98 valence electrons. The first-order chi connectivity index (χ1) is 7.67. The van der Waals surface area contributed by atoms with Gasteiger partial charge in [0.05, 0.1) is 0 Å². The number of rotatable bonds is 10. The number of likely N-dealkylation sites (N-methyl/N-ethyl adjacent to an activating group) is 1. The average molecular weight is 228 g/mol. The predicted molar refractivity (Wildman–Crippen MR) is 74.0 cm³/mol. The Morgan fingerprint density at radius 3 is 2.19 bits per heavy atom. The lowest BCUT2D eigenvalue weighted by Crippen LogP contribution is -2.45. The van der Waals surface area contributed by atoms with Gasteiger partial charge in [0.2, 0.25) is 0 Å². The molecule has 16 heavy (non-hydrogen) atoms. The van der Waals surface area contributed by atoms with Crippen LogP contribution in [-0.2, 0) is 0 Å². The van der Waals surface area contributed by atoms with Crippen LogP contribution >= 0.6 is 0 Å². The second kappa shape index (κ2) is 10.1. The number of nitrogens with zero attached hydrogens (tertiary/aromatic N) is 1. The Morgan fingerprint density at radius 2 is 1.75 bits per heavy atom. The smallest absolute Gasteiger partial charge is 0.0223 e. The van der Waals surface area contributed by atoms with Crippen LogP contribution in [0.5, 0.6) is 0 Å². The minimum absolute atomic E-state index is 0.668. The van der Waals surface area contributed by atoms with E-state index in [2.05, 4.69) is 45.0 Å². The molecule has 0 aliphatic carbocycles. The molecule has 0 fully saturated rings. The van der Waals surface area contributed by atoms with E-state index < -0.39 is 0 Å². The molecule has 0 bridgehead atoms. The second-order valence-corrected chi connectivity index (χ2v) is 5.04. The van der Waals surface area contributed by atoms with Crippen LogP contribution in [0.3, 0.4) is 0 Å². The first kappa shape index (κ1) is 15.9. The van der Waals surface area contributed by atoms with Gasteiger partial charge in [-0.3, -0.25) is 4.90 Å². The van der Waals surface area contributed by atoms with Gasteiger partial charge in [-0.05, 0) is 40.3 Å². The molecule has 0 amide bonds. The maximum atomic E-state index is 3.34. The summed E-state index contributed by atoms with van der Waals surface area (Å²) in [5.74, 6) is 0. The van der Waals surface area contributed by atoms with Gasteiger partial charge in [0.15, 0.2) is 0 Å². The molecule has 0 saturated heterocycles. The van der Waals surface area contributed by atoms with Gasteiger partial charge >= 0.3 is 0 Å². The Kier molecular flexibility index (Phi) is 10.0. The molecule has 0 saturated carbocycles. The fraction of sp³-hybridized carbons (Fsp3) is 1.00. The van der Waals surface area contributed by atoms with Gasteiger partial charge in [-0.15, -0.1) is 0 Å². The van der Waals surface area contributed by atoms with Gasteiger partial charge in [0.25, 0.3) is 0 Å². The molecule has 1 N–H and O–H groups in total. The molecular formula is C14H32N2. The molecule has 0 aromatic carbocycles. The summed E-state index contributed by atoms with van der Waals surface area (Å²) in [5, 5.41) is 3.34. The molecule has 0 spiro atoms. The fourth-order valence-electron chi connectivity index (χ4n) is 2.36. The van der Waals surface area contributed by atoms with Gasteiger partial charge in [0, 0.05) is 18.6 Å². The molecule has 1 unspecified atom stereocenters. The van der Waals surface area contributed by atoms with Crippen LogP contribution in [0.4, 0.5) is 0 Å². The van der Waals surface area contributed by atoms with Crippen molar-refractivity contribution in [3.8, 4) is 0 Å². The lowest BCUT2D eigenvalue weighted by molar-refractivity contribution is 0.140. The Bertz CT molecular complexity index is 140. The van der Waals surface area contributed by atoms with Crippen LogP contribution in [0.2, 0.25) is 0 Å². The quantitative estimate of drug-likeness (QED) is 0.577. The number of unbranched alkanes of at least 4 members (excludes halogenated alkanes) is 2. The summed E-state index contributed by atoms with van der Waals surface area (Å²) < 4.78 is 0. The molecular weight excluding hydrogens is 196 g/mol. The molecule has 2 heteroatoms. The SMILES string of the molecule is CCCCCN(C(C)C)C(CCC)CNC. The van der Waals surface area contributed by atoms with Gasteiger partial charge in [0.1, 0.15) is 0 Å². The lowest BCUT2D eigenvalue weighted by atomic mass is 10.1. The zero-order valence-corrected chi connectivity index (χ0v) is 12.1. The van der Waals surface area contributed by atoms with Crippen molar-refractivity contribution in [3.05, 3.63) is 0 Å².